The third-order valence-electron chi connectivity index (χ3n) is 2.68. The van der Waals surface area contributed by atoms with Gasteiger partial charge in [0.05, 0.1) is 10.6 Å². The van der Waals surface area contributed by atoms with E-state index in [0.717, 1.165) is 5.56 Å². The molecular weight excluding hydrogens is 272 g/mol. The van der Waals surface area contributed by atoms with Crippen LogP contribution in [0.4, 0.5) is 10.5 Å². The topological polar surface area (TPSA) is 111 Å². The molecule has 0 radical (unpaired) electrons. The maximum absolute atomic E-state index is 10.8. The van der Waals surface area contributed by atoms with Gasteiger partial charge in [-0.2, -0.15) is 5.10 Å². The zero-order valence-electron chi connectivity index (χ0n) is 10.9. The standard InChI is InChI=1S/C14H12N4O3/c15-14(19)17-16-13(10-4-2-1-3-5-10)11-6-8-12(9-7-11)18(20)21/h1-9H,(H3,15,17,19). The lowest BCUT2D eigenvalue weighted by Gasteiger charge is -2.07. The Kier molecular flexibility index (Phi) is 4.25. The van der Waals surface area contributed by atoms with Crippen LogP contribution in [0.2, 0.25) is 0 Å². The Balaban J connectivity index is 2.42. The van der Waals surface area contributed by atoms with Crippen LogP contribution < -0.4 is 11.2 Å². The van der Waals surface area contributed by atoms with Gasteiger partial charge in [0.15, 0.2) is 0 Å². The molecule has 3 N–H and O–H groups in total. The van der Waals surface area contributed by atoms with Gasteiger partial charge in [-0.05, 0) is 12.1 Å². The van der Waals surface area contributed by atoms with Gasteiger partial charge in [-0.1, -0.05) is 30.3 Å². The second kappa shape index (κ2) is 6.29. The van der Waals surface area contributed by atoms with E-state index in [1.807, 2.05) is 30.3 Å². The zero-order chi connectivity index (χ0) is 15.2. The van der Waals surface area contributed by atoms with E-state index in [1.54, 1.807) is 12.1 Å². The Morgan fingerprint density at radius 2 is 1.62 bits per heavy atom. The number of nitro benzene ring substituents is 1. The van der Waals surface area contributed by atoms with Crippen molar-refractivity contribution in [2.45, 2.75) is 0 Å². The van der Waals surface area contributed by atoms with Gasteiger partial charge in [0.2, 0.25) is 0 Å². The highest BCUT2D eigenvalue weighted by atomic mass is 16.6. The number of hydrazone groups is 1. The SMILES string of the molecule is NC(=O)NN=C(c1ccccc1)c1ccc([N+](=O)[O-])cc1. The molecule has 0 spiro atoms. The summed E-state index contributed by atoms with van der Waals surface area (Å²) in [7, 11) is 0. The van der Waals surface area contributed by atoms with Gasteiger partial charge in [0.25, 0.3) is 5.69 Å². The summed E-state index contributed by atoms with van der Waals surface area (Å²) in [6, 6.07) is 14.2. The number of carbonyl (C=O) groups excluding carboxylic acids is 1. The van der Waals surface area contributed by atoms with Gasteiger partial charge in [-0.3, -0.25) is 10.1 Å². The van der Waals surface area contributed by atoms with Crippen LogP contribution in [0.1, 0.15) is 11.1 Å². The molecule has 0 aliphatic carbocycles. The molecule has 0 aromatic heterocycles. The first-order chi connectivity index (χ1) is 10.1. The molecule has 2 aromatic rings. The molecule has 0 heterocycles. The Morgan fingerprint density at radius 1 is 1.05 bits per heavy atom. The predicted octanol–water partition coefficient (Wildman–Crippen LogP) is 2.02. The molecule has 0 unspecified atom stereocenters. The van der Waals surface area contributed by atoms with Crippen LogP contribution in [-0.4, -0.2) is 16.7 Å². The maximum atomic E-state index is 10.8. The summed E-state index contributed by atoms with van der Waals surface area (Å²) >= 11 is 0. The fourth-order valence-electron chi connectivity index (χ4n) is 1.74. The molecule has 7 heteroatoms. The van der Waals surface area contributed by atoms with Crippen LogP contribution in [0, 0.1) is 10.1 Å². The van der Waals surface area contributed by atoms with E-state index in [4.69, 9.17) is 5.73 Å². The number of nitrogens with two attached hydrogens (primary N) is 1. The lowest BCUT2D eigenvalue weighted by atomic mass is 10.0. The number of non-ortho nitro benzene ring substituents is 1. The van der Waals surface area contributed by atoms with E-state index in [9.17, 15) is 14.9 Å². The number of carbonyl (C=O) groups is 1. The molecule has 7 nitrogen and oxygen atoms in total. The van der Waals surface area contributed by atoms with Crippen molar-refractivity contribution >= 4 is 17.4 Å². The maximum Gasteiger partial charge on any atom is 0.332 e. The summed E-state index contributed by atoms with van der Waals surface area (Å²) < 4.78 is 0. The van der Waals surface area contributed by atoms with E-state index < -0.39 is 11.0 Å². The highest BCUT2D eigenvalue weighted by molar-refractivity contribution is 6.13. The summed E-state index contributed by atoms with van der Waals surface area (Å²) in [6.45, 7) is 0. The minimum Gasteiger partial charge on any atom is -0.350 e. The number of nitrogens with zero attached hydrogens (tertiary/aromatic N) is 2. The number of benzene rings is 2. The fraction of sp³-hybridized carbons (Fsp3) is 0. The third kappa shape index (κ3) is 3.63. The number of nitrogens with one attached hydrogen (secondary N) is 1. The van der Waals surface area contributed by atoms with E-state index in [2.05, 4.69) is 10.5 Å². The summed E-state index contributed by atoms with van der Waals surface area (Å²) in [5.74, 6) is 0. The number of urea groups is 1. The molecule has 106 valence electrons. The molecular formula is C14H12N4O3. The minimum atomic E-state index is -0.787. The molecule has 2 aromatic carbocycles. The minimum absolute atomic E-state index is 0.0194. The van der Waals surface area contributed by atoms with Crippen molar-refractivity contribution in [2.24, 2.45) is 10.8 Å². The second-order valence-corrected chi connectivity index (χ2v) is 4.11. The van der Waals surface area contributed by atoms with Gasteiger partial charge in [0, 0.05) is 23.3 Å². The smallest absolute Gasteiger partial charge is 0.332 e. The molecule has 0 saturated carbocycles. The molecule has 0 bridgehead atoms. The quantitative estimate of drug-likeness (QED) is 0.509. The Labute approximate surface area is 120 Å². The van der Waals surface area contributed by atoms with Gasteiger partial charge >= 0.3 is 6.03 Å². The third-order valence-corrected chi connectivity index (χ3v) is 2.68. The van der Waals surface area contributed by atoms with Gasteiger partial charge in [-0.15, -0.1) is 0 Å². The van der Waals surface area contributed by atoms with Gasteiger partial charge in [0.1, 0.15) is 0 Å². The lowest BCUT2D eigenvalue weighted by molar-refractivity contribution is -0.384. The zero-order valence-corrected chi connectivity index (χ0v) is 10.9. The molecule has 21 heavy (non-hydrogen) atoms. The van der Waals surface area contributed by atoms with Crippen molar-refractivity contribution in [3.8, 4) is 0 Å². The first-order valence-corrected chi connectivity index (χ1v) is 6.01. The highest BCUT2D eigenvalue weighted by Gasteiger charge is 2.10. The van der Waals surface area contributed by atoms with Crippen molar-refractivity contribution in [3.63, 3.8) is 0 Å². The summed E-state index contributed by atoms with van der Waals surface area (Å²) in [4.78, 5) is 21.0. The fourth-order valence-corrected chi connectivity index (χ4v) is 1.74. The molecule has 2 amide bonds. The Morgan fingerprint density at radius 3 is 2.14 bits per heavy atom. The summed E-state index contributed by atoms with van der Waals surface area (Å²) in [6.07, 6.45) is 0. The molecule has 0 saturated heterocycles. The molecule has 0 aliphatic rings. The number of primary amides is 1. The first kappa shape index (κ1) is 14.2. The van der Waals surface area contributed by atoms with Crippen molar-refractivity contribution in [1.82, 2.24) is 5.43 Å². The van der Waals surface area contributed by atoms with Crippen LogP contribution in [0.15, 0.2) is 59.7 Å². The number of amides is 2. The largest absolute Gasteiger partial charge is 0.350 e. The summed E-state index contributed by atoms with van der Waals surface area (Å²) in [5, 5.41) is 14.6. The normalized spacial score (nSPS) is 11.0. The molecule has 0 fully saturated rings. The van der Waals surface area contributed by atoms with Crippen molar-refractivity contribution in [2.75, 3.05) is 0 Å². The Bertz CT molecular complexity index is 681. The predicted molar refractivity (Wildman–Crippen MR) is 77.9 cm³/mol. The van der Waals surface area contributed by atoms with E-state index in [0.29, 0.717) is 11.3 Å². The van der Waals surface area contributed by atoms with Gasteiger partial charge < -0.3 is 5.73 Å². The monoisotopic (exact) mass is 284 g/mol. The van der Waals surface area contributed by atoms with Crippen molar-refractivity contribution in [1.29, 1.82) is 0 Å². The molecule has 0 aliphatic heterocycles. The van der Waals surface area contributed by atoms with Gasteiger partial charge in [-0.25, -0.2) is 10.2 Å². The van der Waals surface area contributed by atoms with Crippen LogP contribution in [0.5, 0.6) is 0 Å². The first-order valence-electron chi connectivity index (χ1n) is 6.01. The summed E-state index contributed by atoms with van der Waals surface area (Å²) in [5.41, 5.74) is 9.01. The number of hydrogen-bond acceptors (Lipinski definition) is 4. The van der Waals surface area contributed by atoms with Crippen LogP contribution in [0.25, 0.3) is 0 Å². The second-order valence-electron chi connectivity index (χ2n) is 4.11. The lowest BCUT2D eigenvalue weighted by Crippen LogP contribution is -2.26. The van der Waals surface area contributed by atoms with Crippen LogP contribution in [-0.2, 0) is 0 Å². The number of hydrogen-bond donors (Lipinski definition) is 2. The van der Waals surface area contributed by atoms with E-state index in [-0.39, 0.29) is 5.69 Å². The number of rotatable bonds is 4. The van der Waals surface area contributed by atoms with Crippen LogP contribution >= 0.6 is 0 Å². The molecule has 2 rings (SSSR count). The number of nitro groups is 1. The van der Waals surface area contributed by atoms with Crippen molar-refractivity contribution < 1.29 is 9.72 Å². The Hall–Kier alpha value is -3.22. The van der Waals surface area contributed by atoms with E-state index in [1.165, 1.54) is 12.1 Å². The average molecular weight is 284 g/mol. The van der Waals surface area contributed by atoms with E-state index >= 15 is 0 Å². The molecule has 0 atom stereocenters. The van der Waals surface area contributed by atoms with Crippen molar-refractivity contribution in [3.05, 3.63) is 75.8 Å². The van der Waals surface area contributed by atoms with Crippen LogP contribution in [0.3, 0.4) is 0 Å². The average Bonchev–Trinajstić information content (AvgIpc) is 2.49. The highest BCUT2D eigenvalue weighted by Crippen LogP contribution is 2.15.